The SMILES string of the molecule is CC1C(c2ccc(C=O)cc2)N=C2C=NC=CN2C1c1ccc(O)cc1. The third-order valence-corrected chi connectivity index (χ3v) is 4.98. The molecule has 130 valence electrons. The van der Waals surface area contributed by atoms with E-state index in [0.717, 1.165) is 23.2 Å². The Morgan fingerprint density at radius 2 is 1.73 bits per heavy atom. The fraction of sp³-hybridized carbons (Fsp3) is 0.190. The second-order valence-corrected chi connectivity index (χ2v) is 6.60. The van der Waals surface area contributed by atoms with Crippen molar-refractivity contribution in [2.45, 2.75) is 19.0 Å². The first-order valence-electron chi connectivity index (χ1n) is 8.57. The Labute approximate surface area is 152 Å². The van der Waals surface area contributed by atoms with Crippen LogP contribution in [-0.4, -0.2) is 28.3 Å². The molecule has 3 atom stereocenters. The lowest BCUT2D eigenvalue weighted by Crippen LogP contribution is -2.42. The zero-order chi connectivity index (χ0) is 18.1. The van der Waals surface area contributed by atoms with Crippen molar-refractivity contribution in [3.63, 3.8) is 0 Å². The van der Waals surface area contributed by atoms with Crippen LogP contribution in [0.1, 0.15) is 40.5 Å². The third-order valence-electron chi connectivity index (χ3n) is 4.98. The van der Waals surface area contributed by atoms with Crippen molar-refractivity contribution in [2.75, 3.05) is 0 Å². The van der Waals surface area contributed by atoms with Gasteiger partial charge in [-0.1, -0.05) is 43.3 Å². The largest absolute Gasteiger partial charge is 0.508 e. The van der Waals surface area contributed by atoms with Gasteiger partial charge in [0.1, 0.15) is 17.9 Å². The molecule has 26 heavy (non-hydrogen) atoms. The topological polar surface area (TPSA) is 65.3 Å². The monoisotopic (exact) mass is 345 g/mol. The smallest absolute Gasteiger partial charge is 0.150 e. The Morgan fingerprint density at radius 1 is 1.04 bits per heavy atom. The Kier molecular flexibility index (Phi) is 4.13. The molecule has 2 aromatic rings. The molecular weight excluding hydrogens is 326 g/mol. The van der Waals surface area contributed by atoms with Gasteiger partial charge in [0.15, 0.2) is 0 Å². The molecule has 4 rings (SSSR count). The number of aliphatic imine (C=N–C) groups is 2. The van der Waals surface area contributed by atoms with Crippen molar-refractivity contribution in [1.82, 2.24) is 4.90 Å². The number of nitrogens with zero attached hydrogens (tertiary/aromatic N) is 3. The maximum Gasteiger partial charge on any atom is 0.150 e. The molecule has 5 heteroatoms. The number of rotatable bonds is 3. The molecule has 0 aromatic heterocycles. The van der Waals surface area contributed by atoms with Gasteiger partial charge in [-0.15, -0.1) is 0 Å². The normalized spacial score (nSPS) is 24.1. The van der Waals surface area contributed by atoms with Crippen LogP contribution in [0.4, 0.5) is 0 Å². The van der Waals surface area contributed by atoms with Crippen LogP contribution in [0.2, 0.25) is 0 Å². The zero-order valence-electron chi connectivity index (χ0n) is 14.4. The van der Waals surface area contributed by atoms with Gasteiger partial charge in [0.2, 0.25) is 0 Å². The van der Waals surface area contributed by atoms with E-state index in [9.17, 15) is 9.90 Å². The van der Waals surface area contributed by atoms with Crippen LogP contribution in [0, 0.1) is 5.92 Å². The highest BCUT2D eigenvalue weighted by Gasteiger charge is 2.37. The van der Waals surface area contributed by atoms with E-state index in [0.29, 0.717) is 5.56 Å². The van der Waals surface area contributed by atoms with E-state index in [2.05, 4.69) is 16.8 Å². The average Bonchev–Trinajstić information content (AvgIpc) is 2.69. The fourth-order valence-electron chi connectivity index (χ4n) is 3.67. The van der Waals surface area contributed by atoms with Crippen LogP contribution < -0.4 is 0 Å². The van der Waals surface area contributed by atoms with Gasteiger partial charge in [-0.25, -0.2) is 0 Å². The molecule has 0 radical (unpaired) electrons. The van der Waals surface area contributed by atoms with Gasteiger partial charge in [-0.05, 0) is 23.3 Å². The van der Waals surface area contributed by atoms with E-state index in [4.69, 9.17) is 4.99 Å². The van der Waals surface area contributed by atoms with E-state index in [-0.39, 0.29) is 23.8 Å². The van der Waals surface area contributed by atoms with Gasteiger partial charge in [0.05, 0.1) is 18.3 Å². The number of phenols is 1. The summed E-state index contributed by atoms with van der Waals surface area (Å²) in [6, 6.07) is 14.9. The molecule has 0 saturated carbocycles. The number of carbonyl (C=O) groups is 1. The van der Waals surface area contributed by atoms with Crippen molar-refractivity contribution >= 4 is 18.3 Å². The molecule has 2 aliphatic heterocycles. The molecule has 0 amide bonds. The second-order valence-electron chi connectivity index (χ2n) is 6.60. The van der Waals surface area contributed by atoms with Gasteiger partial charge >= 0.3 is 0 Å². The van der Waals surface area contributed by atoms with Crippen LogP contribution in [-0.2, 0) is 0 Å². The number of phenolic OH excluding ortho intramolecular Hbond substituents is 1. The number of hydrogen-bond donors (Lipinski definition) is 1. The Morgan fingerprint density at radius 3 is 2.42 bits per heavy atom. The molecule has 0 bridgehead atoms. The van der Waals surface area contributed by atoms with E-state index < -0.39 is 0 Å². The van der Waals surface area contributed by atoms with Crippen molar-refractivity contribution in [2.24, 2.45) is 15.9 Å². The lowest BCUT2D eigenvalue weighted by Gasteiger charge is -2.42. The molecule has 0 aliphatic carbocycles. The Bertz CT molecular complexity index is 898. The number of aromatic hydroxyl groups is 1. The second kappa shape index (κ2) is 6.59. The standard InChI is InChI=1S/C21H19N3O2/c1-14-20(16-4-2-15(13-25)3-5-16)23-19-12-22-10-11-24(19)21(14)17-6-8-18(26)9-7-17/h2-14,20-21,26H,1H3. The summed E-state index contributed by atoms with van der Waals surface area (Å²) in [5, 5.41) is 9.63. The van der Waals surface area contributed by atoms with E-state index in [1.807, 2.05) is 42.6 Å². The molecule has 2 aromatic carbocycles. The summed E-state index contributed by atoms with van der Waals surface area (Å²) in [7, 11) is 0. The van der Waals surface area contributed by atoms with Gasteiger partial charge in [0.25, 0.3) is 0 Å². The third kappa shape index (κ3) is 2.81. The average molecular weight is 345 g/mol. The number of fused-ring (bicyclic) bond motifs is 1. The van der Waals surface area contributed by atoms with Gasteiger partial charge in [0, 0.05) is 23.9 Å². The van der Waals surface area contributed by atoms with E-state index in [1.165, 1.54) is 0 Å². The number of aldehydes is 1. The number of amidine groups is 1. The summed E-state index contributed by atoms with van der Waals surface area (Å²) < 4.78 is 0. The Hall–Kier alpha value is -3.21. The van der Waals surface area contributed by atoms with Crippen LogP contribution in [0.25, 0.3) is 0 Å². The minimum absolute atomic E-state index is 0.0429. The van der Waals surface area contributed by atoms with Gasteiger partial charge in [-0.2, -0.15) is 0 Å². The highest BCUT2D eigenvalue weighted by Crippen LogP contribution is 2.43. The summed E-state index contributed by atoms with van der Waals surface area (Å²) in [6.45, 7) is 2.18. The predicted molar refractivity (Wildman–Crippen MR) is 101 cm³/mol. The molecule has 5 nitrogen and oxygen atoms in total. The first-order valence-corrected chi connectivity index (χ1v) is 8.57. The summed E-state index contributed by atoms with van der Waals surface area (Å²) in [6.07, 6.45) is 6.32. The van der Waals surface area contributed by atoms with Crippen molar-refractivity contribution < 1.29 is 9.90 Å². The molecule has 0 saturated heterocycles. The number of hydrogen-bond acceptors (Lipinski definition) is 5. The quantitative estimate of drug-likeness (QED) is 0.858. The molecule has 0 fully saturated rings. The maximum absolute atomic E-state index is 10.9. The molecule has 1 N–H and O–H groups in total. The summed E-state index contributed by atoms with van der Waals surface area (Å²) in [5.41, 5.74) is 2.84. The van der Waals surface area contributed by atoms with Gasteiger partial charge in [-0.3, -0.25) is 14.8 Å². The van der Waals surface area contributed by atoms with Crippen LogP contribution in [0.3, 0.4) is 0 Å². The van der Waals surface area contributed by atoms with Crippen LogP contribution in [0.15, 0.2) is 70.9 Å². The Balaban J connectivity index is 1.78. The molecular formula is C21H19N3O2. The lowest BCUT2D eigenvalue weighted by atomic mass is 9.82. The zero-order valence-corrected chi connectivity index (χ0v) is 14.4. The summed E-state index contributed by atoms with van der Waals surface area (Å²) in [5.74, 6) is 1.25. The minimum atomic E-state index is -0.0429. The van der Waals surface area contributed by atoms with E-state index in [1.54, 1.807) is 24.5 Å². The van der Waals surface area contributed by atoms with Gasteiger partial charge < -0.3 is 10.0 Å². The van der Waals surface area contributed by atoms with Crippen molar-refractivity contribution in [3.05, 3.63) is 77.6 Å². The number of benzene rings is 2. The first-order chi connectivity index (χ1) is 12.7. The first kappa shape index (κ1) is 16.3. The van der Waals surface area contributed by atoms with Crippen LogP contribution >= 0.6 is 0 Å². The maximum atomic E-state index is 10.9. The fourth-order valence-corrected chi connectivity index (χ4v) is 3.67. The summed E-state index contributed by atoms with van der Waals surface area (Å²) in [4.78, 5) is 22.2. The molecule has 0 spiro atoms. The molecule has 2 aliphatic rings. The van der Waals surface area contributed by atoms with E-state index >= 15 is 0 Å². The molecule has 3 unspecified atom stereocenters. The highest BCUT2D eigenvalue weighted by atomic mass is 16.3. The summed E-state index contributed by atoms with van der Waals surface area (Å²) >= 11 is 0. The lowest BCUT2D eigenvalue weighted by molar-refractivity contribution is 0.112. The van der Waals surface area contributed by atoms with Crippen molar-refractivity contribution in [1.29, 1.82) is 0 Å². The van der Waals surface area contributed by atoms with Crippen molar-refractivity contribution in [3.8, 4) is 5.75 Å². The molecule has 2 heterocycles. The minimum Gasteiger partial charge on any atom is -0.508 e. The van der Waals surface area contributed by atoms with Crippen LogP contribution in [0.5, 0.6) is 5.75 Å². The predicted octanol–water partition coefficient (Wildman–Crippen LogP) is 3.89. The number of carbonyl (C=O) groups excluding carboxylic acids is 1. The highest BCUT2D eigenvalue weighted by molar-refractivity contribution is 6.30.